The van der Waals surface area contributed by atoms with Crippen LogP contribution in [-0.2, 0) is 11.2 Å². The summed E-state index contributed by atoms with van der Waals surface area (Å²) in [5, 5.41) is 13.0. The van der Waals surface area contributed by atoms with Crippen molar-refractivity contribution < 1.29 is 9.90 Å². The summed E-state index contributed by atoms with van der Waals surface area (Å²) in [7, 11) is 0. The second-order valence-electron chi connectivity index (χ2n) is 6.67. The molecule has 1 aromatic rings. The van der Waals surface area contributed by atoms with Gasteiger partial charge in [0.15, 0.2) is 0 Å². The van der Waals surface area contributed by atoms with Gasteiger partial charge in [0.05, 0.1) is 12.1 Å². The second-order valence-corrected chi connectivity index (χ2v) is 6.67. The molecule has 0 aliphatic carbocycles. The molecule has 0 spiro atoms. The van der Waals surface area contributed by atoms with E-state index in [1.807, 2.05) is 37.3 Å². The molecule has 0 radical (unpaired) electrons. The van der Waals surface area contributed by atoms with Crippen LogP contribution in [0.5, 0.6) is 0 Å². The molecule has 0 saturated carbocycles. The average Bonchev–Trinajstić information content (AvgIpc) is 2.36. The van der Waals surface area contributed by atoms with E-state index >= 15 is 0 Å². The lowest BCUT2D eigenvalue weighted by Gasteiger charge is -2.22. The zero-order chi connectivity index (χ0) is 15.2. The summed E-state index contributed by atoms with van der Waals surface area (Å²) in [5.74, 6) is 0.0135. The SMILES string of the molecule is CC(NC(=O)CCC(C)(C)C)C(O)Cc1ccccc1. The molecule has 0 heterocycles. The van der Waals surface area contributed by atoms with E-state index in [9.17, 15) is 9.90 Å². The fourth-order valence-corrected chi connectivity index (χ4v) is 1.94. The van der Waals surface area contributed by atoms with E-state index in [1.165, 1.54) is 0 Å². The topological polar surface area (TPSA) is 49.3 Å². The highest BCUT2D eigenvalue weighted by molar-refractivity contribution is 5.76. The molecule has 0 bridgehead atoms. The van der Waals surface area contributed by atoms with Gasteiger partial charge in [-0.05, 0) is 24.3 Å². The van der Waals surface area contributed by atoms with Gasteiger partial charge in [0, 0.05) is 12.8 Å². The van der Waals surface area contributed by atoms with Crippen LogP contribution >= 0.6 is 0 Å². The first-order chi connectivity index (χ1) is 9.28. The highest BCUT2D eigenvalue weighted by atomic mass is 16.3. The first-order valence-corrected chi connectivity index (χ1v) is 7.29. The first kappa shape index (κ1) is 16.7. The number of carbonyl (C=O) groups excluding carboxylic acids is 1. The Kier molecular flexibility index (Phi) is 6.21. The lowest BCUT2D eigenvalue weighted by Crippen LogP contribution is -2.42. The molecule has 0 saturated heterocycles. The van der Waals surface area contributed by atoms with Gasteiger partial charge in [-0.15, -0.1) is 0 Å². The van der Waals surface area contributed by atoms with Gasteiger partial charge >= 0.3 is 0 Å². The van der Waals surface area contributed by atoms with Crippen molar-refractivity contribution in [3.05, 3.63) is 35.9 Å². The minimum absolute atomic E-state index is 0.0135. The molecule has 0 fully saturated rings. The number of amides is 1. The summed E-state index contributed by atoms with van der Waals surface area (Å²) in [5.41, 5.74) is 1.24. The highest BCUT2D eigenvalue weighted by Crippen LogP contribution is 2.20. The molecule has 3 nitrogen and oxygen atoms in total. The Hall–Kier alpha value is -1.35. The van der Waals surface area contributed by atoms with E-state index in [1.54, 1.807) is 0 Å². The van der Waals surface area contributed by atoms with Crippen molar-refractivity contribution in [2.24, 2.45) is 5.41 Å². The molecule has 0 aliphatic rings. The molecule has 3 heteroatoms. The Morgan fingerprint density at radius 2 is 1.85 bits per heavy atom. The van der Waals surface area contributed by atoms with Gasteiger partial charge in [-0.25, -0.2) is 0 Å². The second kappa shape index (κ2) is 7.44. The van der Waals surface area contributed by atoms with Crippen LogP contribution in [0.3, 0.4) is 0 Å². The number of rotatable bonds is 6. The van der Waals surface area contributed by atoms with Crippen LogP contribution < -0.4 is 5.32 Å². The largest absolute Gasteiger partial charge is 0.391 e. The Morgan fingerprint density at radius 3 is 2.40 bits per heavy atom. The van der Waals surface area contributed by atoms with Crippen LogP contribution in [0.1, 0.15) is 46.1 Å². The van der Waals surface area contributed by atoms with Crippen molar-refractivity contribution in [1.29, 1.82) is 0 Å². The standard InChI is InChI=1S/C17H27NO2/c1-13(18-16(20)10-11-17(2,3)4)15(19)12-14-8-6-5-7-9-14/h5-9,13,15,19H,10-12H2,1-4H3,(H,18,20). The molecule has 1 aromatic carbocycles. The maximum Gasteiger partial charge on any atom is 0.220 e. The third-order valence-corrected chi connectivity index (χ3v) is 3.36. The molecule has 1 rings (SSSR count). The van der Waals surface area contributed by atoms with Crippen molar-refractivity contribution in [2.45, 2.75) is 59.1 Å². The Bertz CT molecular complexity index is 409. The lowest BCUT2D eigenvalue weighted by molar-refractivity contribution is -0.123. The average molecular weight is 277 g/mol. The monoisotopic (exact) mass is 277 g/mol. The van der Waals surface area contributed by atoms with Crippen molar-refractivity contribution in [2.75, 3.05) is 0 Å². The number of hydrogen-bond donors (Lipinski definition) is 2. The molecule has 0 aromatic heterocycles. The van der Waals surface area contributed by atoms with Crippen LogP contribution in [0.25, 0.3) is 0 Å². The minimum Gasteiger partial charge on any atom is -0.391 e. The summed E-state index contributed by atoms with van der Waals surface area (Å²) < 4.78 is 0. The minimum atomic E-state index is -0.559. The summed E-state index contributed by atoms with van der Waals surface area (Å²) in [4.78, 5) is 11.8. The molecule has 112 valence electrons. The number of aliphatic hydroxyl groups excluding tert-OH is 1. The fourth-order valence-electron chi connectivity index (χ4n) is 1.94. The quantitative estimate of drug-likeness (QED) is 0.840. The molecular weight excluding hydrogens is 250 g/mol. The Labute approximate surface area is 122 Å². The molecule has 2 unspecified atom stereocenters. The summed E-state index contributed by atoms with van der Waals surface area (Å²) in [6.45, 7) is 8.21. The Balaban J connectivity index is 2.38. The van der Waals surface area contributed by atoms with E-state index in [2.05, 4.69) is 26.1 Å². The van der Waals surface area contributed by atoms with Gasteiger partial charge in [-0.3, -0.25) is 4.79 Å². The molecule has 1 amide bonds. The van der Waals surface area contributed by atoms with Gasteiger partial charge in [-0.1, -0.05) is 51.1 Å². The third-order valence-electron chi connectivity index (χ3n) is 3.36. The van der Waals surface area contributed by atoms with Crippen molar-refractivity contribution in [3.8, 4) is 0 Å². The molecule has 20 heavy (non-hydrogen) atoms. The van der Waals surface area contributed by atoms with Gasteiger partial charge in [0.2, 0.25) is 5.91 Å². The van der Waals surface area contributed by atoms with Gasteiger partial charge in [-0.2, -0.15) is 0 Å². The van der Waals surface area contributed by atoms with E-state index in [0.717, 1.165) is 12.0 Å². The lowest BCUT2D eigenvalue weighted by atomic mass is 9.90. The van der Waals surface area contributed by atoms with E-state index in [0.29, 0.717) is 12.8 Å². The van der Waals surface area contributed by atoms with E-state index < -0.39 is 6.10 Å². The zero-order valence-corrected chi connectivity index (χ0v) is 13.0. The van der Waals surface area contributed by atoms with Gasteiger partial charge in [0.25, 0.3) is 0 Å². The van der Waals surface area contributed by atoms with Crippen molar-refractivity contribution in [1.82, 2.24) is 5.32 Å². The van der Waals surface area contributed by atoms with Crippen LogP contribution in [0.15, 0.2) is 30.3 Å². The highest BCUT2D eigenvalue weighted by Gasteiger charge is 2.18. The molecule has 2 atom stereocenters. The first-order valence-electron chi connectivity index (χ1n) is 7.29. The van der Waals surface area contributed by atoms with Crippen molar-refractivity contribution in [3.63, 3.8) is 0 Å². The van der Waals surface area contributed by atoms with Gasteiger partial charge < -0.3 is 10.4 Å². The van der Waals surface area contributed by atoms with Crippen molar-refractivity contribution >= 4 is 5.91 Å². The van der Waals surface area contributed by atoms with Crippen LogP contribution in [0.4, 0.5) is 0 Å². The molecular formula is C17H27NO2. The molecule has 2 N–H and O–H groups in total. The normalized spacial score (nSPS) is 14.7. The predicted octanol–water partition coefficient (Wildman–Crippen LogP) is 2.92. The number of benzene rings is 1. The van der Waals surface area contributed by atoms with Crippen LogP contribution in [0.2, 0.25) is 0 Å². The number of aliphatic hydroxyl groups is 1. The summed E-state index contributed by atoms with van der Waals surface area (Å²) >= 11 is 0. The number of carbonyl (C=O) groups is 1. The van der Waals surface area contributed by atoms with E-state index in [-0.39, 0.29) is 17.4 Å². The summed E-state index contributed by atoms with van der Waals surface area (Å²) in [6, 6.07) is 9.59. The maximum absolute atomic E-state index is 11.8. The van der Waals surface area contributed by atoms with Gasteiger partial charge in [0.1, 0.15) is 0 Å². The smallest absolute Gasteiger partial charge is 0.220 e. The summed E-state index contributed by atoms with van der Waals surface area (Å²) in [6.07, 6.45) is 1.35. The number of nitrogens with one attached hydrogen (secondary N) is 1. The number of hydrogen-bond acceptors (Lipinski definition) is 2. The fraction of sp³-hybridized carbons (Fsp3) is 0.588. The van der Waals surface area contributed by atoms with Crippen LogP contribution in [0, 0.1) is 5.41 Å². The third kappa shape index (κ3) is 6.71. The molecule has 0 aliphatic heterocycles. The zero-order valence-electron chi connectivity index (χ0n) is 13.0. The van der Waals surface area contributed by atoms with E-state index in [4.69, 9.17) is 0 Å². The predicted molar refractivity (Wildman–Crippen MR) is 82.4 cm³/mol. The van der Waals surface area contributed by atoms with Crippen LogP contribution in [-0.4, -0.2) is 23.2 Å². The maximum atomic E-state index is 11.8. The Morgan fingerprint density at radius 1 is 1.25 bits per heavy atom.